The number of halogens is 2. The van der Waals surface area contributed by atoms with Crippen LogP contribution in [0, 0.1) is 5.92 Å². The van der Waals surface area contributed by atoms with Gasteiger partial charge in [0.25, 0.3) is 11.8 Å². The Hall–Kier alpha value is -12.0. The van der Waals surface area contributed by atoms with E-state index in [-0.39, 0.29) is 66.5 Å². The molecular formula is C106H125ClFN10O13P2S+. The number of carboxylic acid groups (broad SMARTS) is 1. The third-order valence-corrected chi connectivity index (χ3v) is 30.2. The van der Waals surface area contributed by atoms with Gasteiger partial charge in [-0.3, -0.25) is 18.9 Å². The van der Waals surface area contributed by atoms with Gasteiger partial charge in [0.1, 0.15) is 59.1 Å². The van der Waals surface area contributed by atoms with Crippen molar-refractivity contribution >= 4 is 76.5 Å². The first-order chi connectivity index (χ1) is 65.0. The molecule has 28 heteroatoms. The summed E-state index contributed by atoms with van der Waals surface area (Å²) in [5.74, 6) is 1.61. The molecule has 706 valence electrons. The molecule has 3 saturated heterocycles. The number of ether oxygens (including phenoxy) is 8. The van der Waals surface area contributed by atoms with E-state index in [1.165, 1.54) is 15.9 Å². The van der Waals surface area contributed by atoms with Crippen LogP contribution >= 0.6 is 25.6 Å². The van der Waals surface area contributed by atoms with Gasteiger partial charge in [0, 0.05) is 81.6 Å². The van der Waals surface area contributed by atoms with Crippen molar-refractivity contribution < 1.29 is 79.0 Å². The molecule has 3 heterocycles. The average Bonchev–Trinajstić information content (AvgIpc) is 0.758. The number of carboxylic acids is 1. The predicted octanol–water partition coefficient (Wildman–Crippen LogP) is 20.7. The molecule has 12 aromatic carbocycles. The van der Waals surface area contributed by atoms with E-state index < -0.39 is 25.5 Å². The monoisotopic (exact) mass is 1890 g/mol. The van der Waals surface area contributed by atoms with Crippen molar-refractivity contribution in [2.45, 2.75) is 123 Å². The Balaban J connectivity index is 0.000000235. The molecule has 3 aliphatic heterocycles. The smallest absolute Gasteiger partial charge is 0.404 e. The fourth-order valence-electron chi connectivity index (χ4n) is 14.9. The molecule has 0 spiro atoms. The Morgan fingerprint density at radius 2 is 0.799 bits per heavy atom. The summed E-state index contributed by atoms with van der Waals surface area (Å²) < 4.78 is 60.4. The number of nitrogens with one attached hydrogen (secondary N) is 2. The molecule has 134 heavy (non-hydrogen) atoms. The highest BCUT2D eigenvalue weighted by Crippen LogP contribution is 2.66. The van der Waals surface area contributed by atoms with Crippen LogP contribution in [0.1, 0.15) is 167 Å². The zero-order valence-corrected chi connectivity index (χ0v) is 79.6. The van der Waals surface area contributed by atoms with Crippen molar-refractivity contribution in [2.24, 2.45) is 21.9 Å². The van der Waals surface area contributed by atoms with Crippen LogP contribution in [0.3, 0.4) is 0 Å². The number of hydrogen-bond acceptors (Lipinski definition) is 17. The van der Waals surface area contributed by atoms with E-state index >= 15 is 0 Å². The number of fused-ring (bicyclic) bond motifs is 3. The molecule has 3 aliphatic rings. The molecular weight excluding hydrogens is 1770 g/mol. The zero-order valence-electron chi connectivity index (χ0n) is 77.3. The van der Waals surface area contributed by atoms with Gasteiger partial charge in [0.05, 0.1) is 20.1 Å². The molecule has 3 unspecified atom stereocenters. The van der Waals surface area contributed by atoms with Gasteiger partial charge in [0.2, 0.25) is 0 Å². The predicted molar refractivity (Wildman–Crippen MR) is 536 cm³/mol. The van der Waals surface area contributed by atoms with E-state index in [2.05, 4.69) is 117 Å². The van der Waals surface area contributed by atoms with E-state index in [9.17, 15) is 23.6 Å². The summed E-state index contributed by atoms with van der Waals surface area (Å²) in [4.78, 5) is 48.6. The molecule has 0 saturated carbocycles. The van der Waals surface area contributed by atoms with Gasteiger partial charge in [0.15, 0.2) is 38.7 Å². The quantitative estimate of drug-likeness (QED) is 0.00681. The molecule has 0 radical (unpaired) electrons. The Morgan fingerprint density at radius 3 is 1.10 bits per heavy atom. The maximum Gasteiger partial charge on any atom is 0.404 e. The molecule has 23 nitrogen and oxygen atoms in total. The summed E-state index contributed by atoms with van der Waals surface area (Å²) in [6.45, 7) is 13.9. The van der Waals surface area contributed by atoms with E-state index in [0.29, 0.717) is 82.1 Å². The number of amides is 2. The zero-order chi connectivity index (χ0) is 94.6. The Bertz CT molecular complexity index is 5320. The molecule has 3 fully saturated rings. The van der Waals surface area contributed by atoms with Gasteiger partial charge in [-0.2, -0.15) is 11.1 Å². The Kier molecular flexibility index (Phi) is 48.8. The fraction of sp³-hybridized carbons (Fsp3) is 0.283. The first-order valence-electron chi connectivity index (χ1n) is 44.9. The van der Waals surface area contributed by atoms with Crippen molar-refractivity contribution in [1.29, 1.82) is 0 Å². The second kappa shape index (κ2) is 61.0. The minimum Gasteiger partial charge on any atom is -0.693 e. The third kappa shape index (κ3) is 35.1. The number of carbonyl (C=O) groups is 4. The lowest BCUT2D eigenvalue weighted by molar-refractivity contribution is -0.227. The molecule has 4 atom stereocenters. The lowest BCUT2D eigenvalue weighted by atomic mass is 9.86. The fourth-order valence-corrected chi connectivity index (χ4v) is 22.6. The highest BCUT2D eigenvalue weighted by molar-refractivity contribution is 8.51. The molecule has 15 rings (SSSR count). The first-order valence-corrected chi connectivity index (χ1v) is 49.0. The number of benzene rings is 12. The van der Waals surface area contributed by atoms with Crippen LogP contribution in [-0.2, 0) is 55.3 Å². The minimum absolute atomic E-state index is 0. The van der Waals surface area contributed by atoms with Crippen LogP contribution < -0.4 is 57.6 Å². The first kappa shape index (κ1) is 107. The van der Waals surface area contributed by atoms with Crippen molar-refractivity contribution in [1.82, 2.24) is 15.5 Å². The lowest BCUT2D eigenvalue weighted by Crippen LogP contribution is -2.51. The van der Waals surface area contributed by atoms with E-state index in [1.54, 1.807) is 24.3 Å². The second-order valence-corrected chi connectivity index (χ2v) is 37.6. The maximum absolute atomic E-state index is 12.5. The number of rotatable bonds is 41. The van der Waals surface area contributed by atoms with Crippen molar-refractivity contribution in [2.75, 3.05) is 66.3 Å². The van der Waals surface area contributed by atoms with Crippen LogP contribution in [0.5, 0.6) is 17.2 Å². The van der Waals surface area contributed by atoms with Crippen LogP contribution in [-0.4, -0.2) is 118 Å². The molecule has 12 aromatic rings. The van der Waals surface area contributed by atoms with Gasteiger partial charge in [-0.15, -0.1) is 0 Å². The van der Waals surface area contributed by atoms with Gasteiger partial charge in [-0.05, 0) is 254 Å². The minimum atomic E-state index is -1.75. The highest BCUT2D eigenvalue weighted by atomic mass is 35.5. The van der Waals surface area contributed by atoms with E-state index in [0.717, 1.165) is 127 Å². The largest absolute Gasteiger partial charge is 0.693 e. The lowest BCUT2D eigenvalue weighted by Gasteiger charge is -2.43. The van der Waals surface area contributed by atoms with Crippen molar-refractivity contribution in [3.05, 3.63) is 407 Å². The van der Waals surface area contributed by atoms with E-state index in [1.807, 2.05) is 240 Å². The number of alkyl halides is 1. The van der Waals surface area contributed by atoms with E-state index in [4.69, 9.17) is 84.6 Å². The third-order valence-electron chi connectivity index (χ3n) is 21.7. The summed E-state index contributed by atoms with van der Waals surface area (Å²) in [6, 6.07) is 106. The summed E-state index contributed by atoms with van der Waals surface area (Å²) in [6.07, 6.45) is 4.98. The molecule has 2 bridgehead atoms. The van der Waals surface area contributed by atoms with Crippen LogP contribution in [0.15, 0.2) is 338 Å². The van der Waals surface area contributed by atoms with Crippen LogP contribution in [0.2, 0.25) is 0 Å². The number of carbonyl (C=O) groups excluding carboxylic acids is 3. The highest BCUT2D eigenvalue weighted by Gasteiger charge is 2.45. The Labute approximate surface area is 801 Å². The average molecular weight is 1900 g/mol. The van der Waals surface area contributed by atoms with Gasteiger partial charge in [-0.1, -0.05) is 218 Å². The second-order valence-electron chi connectivity index (χ2n) is 30.5. The van der Waals surface area contributed by atoms with Crippen molar-refractivity contribution in [3.63, 3.8) is 0 Å². The number of piperidine rings is 3. The molecule has 2 amide bonds. The normalized spacial score (nSPS) is 14.0. The maximum atomic E-state index is 12.5. The van der Waals surface area contributed by atoms with Crippen molar-refractivity contribution in [3.8, 4) is 17.2 Å². The van der Waals surface area contributed by atoms with Gasteiger partial charge in [-0.25, -0.2) is 9.59 Å². The summed E-state index contributed by atoms with van der Waals surface area (Å²) >= 11 is 10.8. The summed E-state index contributed by atoms with van der Waals surface area (Å²) in [5.41, 5.74) is 27.4. The van der Waals surface area contributed by atoms with Crippen LogP contribution in [0.4, 0.5) is 9.18 Å². The number of aromatic carboxylic acids is 1. The molecule has 0 aliphatic carbocycles. The van der Waals surface area contributed by atoms with Gasteiger partial charge >= 0.3 is 11.4 Å². The molecule has 0 aromatic heterocycles. The number of nitrogens with zero attached hydrogens (tertiary/aromatic N) is 3. The topological polar surface area (TPSA) is 359 Å². The summed E-state index contributed by atoms with van der Waals surface area (Å²) in [5, 5.41) is 26.9. The SMILES string of the molecule is CCOC(CCCNC(=O)c1ccc(COc2cccc(C(N)c3ccccc3)c2)cc1)OCC.CCOC(CCCNC(=O)c1ccc(COc2cccc(C(N=[NH2+])c3ccccc3)c2)cc1)OCC.O=C(Cl)O[C@H]1CN2CCC1CC2.S=P[P+](c1ccccc1)(c1ccccc1)c1ccccc1.[2H]CF.[NH2+]=NC(c1ccccc1)c1cccc(OCc2ccc(C(=O)O)cc2)c1.[NH2-].[NH2-]. The number of hydrogen-bond donors (Lipinski definition) is 6. The van der Waals surface area contributed by atoms with Crippen LogP contribution in [0.25, 0.3) is 12.3 Å². The standard InChI is InChI=1S/C29H35N3O4.C29H36N2O4.C21H18N2O3.C18H15P2S.C8H12ClNO2.CH3F.2H2N/c1-3-34-27(35-4-2)14-9-19-31-29(33)24-17-15-22(16-18-24)21-36-26-13-8-12-25(20-26)28(32-30)23-10-6-5-7-11-23;1-3-33-27(34-4-2)14-9-19-31-29(32)24-17-15-22(16-18-24)21-35-26-13-8-12-25(20-26)28(30)23-10-6-5-7-11-23;22-23-20(16-5-2-1-3-6-16)18-7-4-8-19(13-18)26-14-15-9-11-17(12-10-15)21(24)25;21-19-20(16-10-4-1-5-11-16,17-12-6-2-7-13-17)18-14-8-3-9-15-18;9-8(11)12-7-5-10-3-1-6(7)2-4-10;1-2;;/h5-8,10-13,15-18,20,27-28,30H,3-4,9,14,19,21H2,1-2H3,(H,31,33);5-8,10-13,15-18,20,27-28H,3-4,9,14,19,21,30H2,1-2H3,(H,31,32);1-13,20,22H,14H2,(H,24,25);1-15H;6-7H,1-5H2;1H3;2*1H2/q;;;+1;;;2*-1/p+2/t;;;;7-;;;/m....0.../s1/i;;;;;1D;;. The number of nitrogens with two attached hydrogens (primary N) is 5. The molecule has 13 N–H and O–H groups in total. The summed E-state index contributed by atoms with van der Waals surface area (Å²) in [7, 11) is 0.00852. The van der Waals surface area contributed by atoms with Gasteiger partial charge < -0.3 is 71.7 Å². The Morgan fingerprint density at radius 1 is 0.485 bits per heavy atom.